The summed E-state index contributed by atoms with van der Waals surface area (Å²) in [5, 5.41) is 3.10. The quantitative estimate of drug-likeness (QED) is 0.705. The maximum atomic E-state index is 12.2. The summed E-state index contributed by atoms with van der Waals surface area (Å²) < 4.78 is 5.37. The summed E-state index contributed by atoms with van der Waals surface area (Å²) in [6, 6.07) is 0.431. The highest BCUT2D eigenvalue weighted by Crippen LogP contribution is 2.20. The average molecular weight is 269 g/mol. The molecular formula is C14H27N3O2. The summed E-state index contributed by atoms with van der Waals surface area (Å²) >= 11 is 0. The van der Waals surface area contributed by atoms with Crippen LogP contribution in [0.25, 0.3) is 0 Å². The fourth-order valence-corrected chi connectivity index (χ4v) is 3.00. The topological polar surface area (TPSA) is 44.8 Å². The van der Waals surface area contributed by atoms with E-state index in [1.54, 1.807) is 0 Å². The van der Waals surface area contributed by atoms with Gasteiger partial charge < -0.3 is 15.0 Å². The summed E-state index contributed by atoms with van der Waals surface area (Å²) in [7, 11) is 1.93. The van der Waals surface area contributed by atoms with Crippen LogP contribution in [-0.2, 0) is 9.53 Å². The summed E-state index contributed by atoms with van der Waals surface area (Å²) in [4.78, 5) is 16.8. The molecule has 2 heterocycles. The fourth-order valence-electron chi connectivity index (χ4n) is 3.00. The summed E-state index contributed by atoms with van der Waals surface area (Å²) in [6.45, 7) is 6.60. The zero-order chi connectivity index (χ0) is 13.5. The molecule has 0 aliphatic carbocycles. The largest absolute Gasteiger partial charge is 0.379 e. The average Bonchev–Trinajstić information content (AvgIpc) is 2.88. The normalized spacial score (nSPS) is 24.9. The van der Waals surface area contributed by atoms with Crippen LogP contribution in [0.3, 0.4) is 0 Å². The van der Waals surface area contributed by atoms with E-state index in [2.05, 4.69) is 15.1 Å². The molecule has 0 aromatic carbocycles. The van der Waals surface area contributed by atoms with Crippen molar-refractivity contribution in [2.75, 3.05) is 53.0 Å². The minimum atomic E-state index is 0.339. The highest BCUT2D eigenvalue weighted by Gasteiger charge is 2.29. The number of hydrogen-bond donors (Lipinski definition) is 1. The summed E-state index contributed by atoms with van der Waals surface area (Å²) in [5.41, 5.74) is 0. The minimum Gasteiger partial charge on any atom is -0.379 e. The molecule has 1 N–H and O–H groups in total. The van der Waals surface area contributed by atoms with Gasteiger partial charge in [0, 0.05) is 38.6 Å². The maximum absolute atomic E-state index is 12.2. The summed E-state index contributed by atoms with van der Waals surface area (Å²) in [6.07, 6.45) is 3.94. The number of hydrogen-bond acceptors (Lipinski definition) is 4. The fraction of sp³-hybridized carbons (Fsp3) is 0.929. The lowest BCUT2D eigenvalue weighted by molar-refractivity contribution is -0.132. The molecule has 2 aliphatic heterocycles. The third-order valence-corrected chi connectivity index (χ3v) is 4.09. The molecule has 0 saturated carbocycles. The predicted molar refractivity (Wildman–Crippen MR) is 75.2 cm³/mol. The van der Waals surface area contributed by atoms with E-state index in [1.165, 1.54) is 0 Å². The zero-order valence-corrected chi connectivity index (χ0v) is 12.1. The van der Waals surface area contributed by atoms with Gasteiger partial charge in [0.25, 0.3) is 0 Å². The SMILES string of the molecule is CNCCCC(=O)N1CCCC1CN1CCOCC1. The molecule has 1 amide bonds. The molecule has 2 rings (SSSR count). The third kappa shape index (κ3) is 4.44. The van der Waals surface area contributed by atoms with Crippen molar-refractivity contribution in [3.8, 4) is 0 Å². The number of carbonyl (C=O) groups is 1. The van der Waals surface area contributed by atoms with Crippen LogP contribution in [0.15, 0.2) is 0 Å². The number of nitrogens with zero attached hydrogens (tertiary/aromatic N) is 2. The highest BCUT2D eigenvalue weighted by atomic mass is 16.5. The van der Waals surface area contributed by atoms with Gasteiger partial charge in [0.15, 0.2) is 0 Å². The van der Waals surface area contributed by atoms with Gasteiger partial charge in [-0.15, -0.1) is 0 Å². The first-order valence-electron chi connectivity index (χ1n) is 7.55. The van der Waals surface area contributed by atoms with E-state index in [0.29, 0.717) is 18.4 Å². The van der Waals surface area contributed by atoms with Crippen LogP contribution < -0.4 is 5.32 Å². The van der Waals surface area contributed by atoms with Crippen LogP contribution >= 0.6 is 0 Å². The van der Waals surface area contributed by atoms with Gasteiger partial charge in [-0.2, -0.15) is 0 Å². The monoisotopic (exact) mass is 269 g/mol. The lowest BCUT2D eigenvalue weighted by Crippen LogP contribution is -2.46. The molecule has 0 bridgehead atoms. The first-order chi connectivity index (χ1) is 9.31. The van der Waals surface area contributed by atoms with Crippen molar-refractivity contribution in [3.63, 3.8) is 0 Å². The Morgan fingerprint density at radius 2 is 2.11 bits per heavy atom. The van der Waals surface area contributed by atoms with E-state index in [4.69, 9.17) is 4.74 Å². The van der Waals surface area contributed by atoms with Crippen LogP contribution in [0.5, 0.6) is 0 Å². The number of morpholine rings is 1. The Bertz CT molecular complexity index is 280. The Labute approximate surface area is 116 Å². The van der Waals surface area contributed by atoms with Gasteiger partial charge in [-0.25, -0.2) is 0 Å². The Hall–Kier alpha value is -0.650. The number of nitrogens with one attached hydrogen (secondary N) is 1. The second kappa shape index (κ2) is 7.82. The third-order valence-electron chi connectivity index (χ3n) is 4.09. The molecule has 0 aromatic rings. The Kier molecular flexibility index (Phi) is 6.07. The zero-order valence-electron chi connectivity index (χ0n) is 12.1. The smallest absolute Gasteiger partial charge is 0.222 e. The molecule has 0 spiro atoms. The number of rotatable bonds is 6. The lowest BCUT2D eigenvalue weighted by Gasteiger charge is -2.33. The molecular weight excluding hydrogens is 242 g/mol. The molecule has 5 nitrogen and oxygen atoms in total. The van der Waals surface area contributed by atoms with E-state index < -0.39 is 0 Å². The van der Waals surface area contributed by atoms with Crippen LogP contribution in [0.1, 0.15) is 25.7 Å². The molecule has 2 aliphatic rings. The van der Waals surface area contributed by atoms with Crippen LogP contribution in [0.2, 0.25) is 0 Å². The maximum Gasteiger partial charge on any atom is 0.222 e. The van der Waals surface area contributed by atoms with Gasteiger partial charge in [-0.05, 0) is 32.9 Å². The second-order valence-corrected chi connectivity index (χ2v) is 5.50. The van der Waals surface area contributed by atoms with Crippen molar-refractivity contribution in [2.24, 2.45) is 0 Å². The molecule has 0 radical (unpaired) electrons. The van der Waals surface area contributed by atoms with Crippen LogP contribution in [0.4, 0.5) is 0 Å². The molecule has 2 fully saturated rings. The van der Waals surface area contributed by atoms with Gasteiger partial charge in [0.2, 0.25) is 5.91 Å². The van der Waals surface area contributed by atoms with E-state index in [9.17, 15) is 4.79 Å². The number of carbonyl (C=O) groups excluding carboxylic acids is 1. The molecule has 110 valence electrons. The standard InChI is InChI=1S/C14H27N3O2/c1-15-6-2-5-14(18)17-7-3-4-13(17)12-16-8-10-19-11-9-16/h13,15H,2-12H2,1H3. The number of ether oxygens (including phenoxy) is 1. The Morgan fingerprint density at radius 1 is 1.32 bits per heavy atom. The van der Waals surface area contributed by atoms with Crippen molar-refractivity contribution in [2.45, 2.75) is 31.7 Å². The molecule has 1 unspecified atom stereocenters. The molecule has 0 aromatic heterocycles. The molecule has 2 saturated heterocycles. The number of likely N-dealkylation sites (tertiary alicyclic amines) is 1. The first-order valence-corrected chi connectivity index (χ1v) is 7.55. The minimum absolute atomic E-state index is 0.339. The van der Waals surface area contributed by atoms with Gasteiger partial charge in [0.05, 0.1) is 13.2 Å². The van der Waals surface area contributed by atoms with Gasteiger partial charge >= 0.3 is 0 Å². The van der Waals surface area contributed by atoms with Crippen molar-refractivity contribution in [1.29, 1.82) is 0 Å². The van der Waals surface area contributed by atoms with E-state index in [-0.39, 0.29) is 0 Å². The van der Waals surface area contributed by atoms with Crippen LogP contribution in [0, 0.1) is 0 Å². The molecule has 19 heavy (non-hydrogen) atoms. The first kappa shape index (κ1) is 14.8. The van der Waals surface area contributed by atoms with Crippen LogP contribution in [-0.4, -0.2) is 74.7 Å². The lowest BCUT2D eigenvalue weighted by atomic mass is 10.2. The van der Waals surface area contributed by atoms with Gasteiger partial charge in [0.1, 0.15) is 0 Å². The van der Waals surface area contributed by atoms with Crippen molar-refractivity contribution >= 4 is 5.91 Å². The highest BCUT2D eigenvalue weighted by molar-refractivity contribution is 5.76. The van der Waals surface area contributed by atoms with Crippen molar-refractivity contribution in [1.82, 2.24) is 15.1 Å². The van der Waals surface area contributed by atoms with Gasteiger partial charge in [-0.1, -0.05) is 0 Å². The Balaban J connectivity index is 1.77. The Morgan fingerprint density at radius 3 is 2.84 bits per heavy atom. The predicted octanol–water partition coefficient (Wildman–Crippen LogP) is 0.309. The molecule has 1 atom stereocenters. The second-order valence-electron chi connectivity index (χ2n) is 5.50. The number of amides is 1. The summed E-state index contributed by atoms with van der Waals surface area (Å²) in [5.74, 6) is 0.339. The molecule has 5 heteroatoms. The van der Waals surface area contributed by atoms with Crippen molar-refractivity contribution in [3.05, 3.63) is 0 Å². The van der Waals surface area contributed by atoms with Gasteiger partial charge in [-0.3, -0.25) is 9.69 Å². The van der Waals surface area contributed by atoms with E-state index in [1.807, 2.05) is 7.05 Å². The van der Waals surface area contributed by atoms with E-state index in [0.717, 1.165) is 65.2 Å². The van der Waals surface area contributed by atoms with E-state index >= 15 is 0 Å². The van der Waals surface area contributed by atoms with Crippen molar-refractivity contribution < 1.29 is 9.53 Å².